The van der Waals surface area contributed by atoms with Gasteiger partial charge in [-0.1, -0.05) is 28.9 Å². The summed E-state index contributed by atoms with van der Waals surface area (Å²) < 4.78 is 0.805. The van der Waals surface area contributed by atoms with Crippen LogP contribution in [0.15, 0.2) is 34.2 Å². The van der Waals surface area contributed by atoms with E-state index in [0.717, 1.165) is 21.5 Å². The van der Waals surface area contributed by atoms with Crippen LogP contribution in [0.1, 0.15) is 40.3 Å². The maximum absolute atomic E-state index is 10.9. The number of benzene rings is 1. The van der Waals surface area contributed by atoms with Gasteiger partial charge in [0.25, 0.3) is 0 Å². The molecule has 0 amide bonds. The molecule has 2 rings (SSSR count). The van der Waals surface area contributed by atoms with Crippen molar-refractivity contribution in [3.63, 3.8) is 0 Å². The van der Waals surface area contributed by atoms with Gasteiger partial charge in [-0.25, -0.2) is 9.78 Å². The van der Waals surface area contributed by atoms with Crippen LogP contribution in [0.5, 0.6) is 0 Å². The number of rotatable bonds is 6. The second-order valence-electron chi connectivity index (χ2n) is 4.32. The quantitative estimate of drug-likeness (QED) is 0.826. The number of nitrogens with one attached hydrogen (secondary N) is 1. The van der Waals surface area contributed by atoms with E-state index in [1.165, 1.54) is 0 Å². The number of halogens is 1. The number of hydrogen-bond donors (Lipinski definition) is 2. The third-order valence-corrected chi connectivity index (χ3v) is 4.62. The van der Waals surface area contributed by atoms with Crippen molar-refractivity contribution >= 4 is 33.2 Å². The molecule has 0 bridgehead atoms. The van der Waals surface area contributed by atoms with E-state index in [0.29, 0.717) is 6.54 Å². The highest BCUT2D eigenvalue weighted by atomic mass is 79.9. The number of carbonyl (C=O) groups is 1. The summed E-state index contributed by atoms with van der Waals surface area (Å²) >= 11 is 5.06. The van der Waals surface area contributed by atoms with Crippen LogP contribution in [-0.4, -0.2) is 16.1 Å². The van der Waals surface area contributed by atoms with Gasteiger partial charge in [0.2, 0.25) is 0 Å². The van der Waals surface area contributed by atoms with Crippen LogP contribution < -0.4 is 5.32 Å². The van der Waals surface area contributed by atoms with Crippen molar-refractivity contribution in [1.82, 2.24) is 10.3 Å². The zero-order valence-corrected chi connectivity index (χ0v) is 13.4. The van der Waals surface area contributed by atoms with Crippen molar-refractivity contribution in [2.45, 2.75) is 25.9 Å². The average molecular weight is 355 g/mol. The van der Waals surface area contributed by atoms with E-state index in [9.17, 15) is 4.79 Å². The van der Waals surface area contributed by atoms with Crippen LogP contribution in [0.3, 0.4) is 0 Å². The second kappa shape index (κ2) is 6.97. The van der Waals surface area contributed by atoms with E-state index in [4.69, 9.17) is 5.11 Å². The van der Waals surface area contributed by atoms with Crippen molar-refractivity contribution < 1.29 is 9.90 Å². The standard InChI is InChI=1S/C14H15BrN2O2S/c1-2-12(13-16-5-6-20-13)17-8-10-4-3-9(14(18)19)7-11(10)15/h3-7,12,17H,2,8H2,1H3,(H,18,19). The van der Waals surface area contributed by atoms with E-state index < -0.39 is 5.97 Å². The van der Waals surface area contributed by atoms with Crippen molar-refractivity contribution in [3.05, 3.63) is 50.4 Å². The van der Waals surface area contributed by atoms with Gasteiger partial charge < -0.3 is 10.4 Å². The largest absolute Gasteiger partial charge is 0.478 e. The number of nitrogens with zero attached hydrogens (tertiary/aromatic N) is 1. The summed E-state index contributed by atoms with van der Waals surface area (Å²) in [6.45, 7) is 2.78. The van der Waals surface area contributed by atoms with Crippen LogP contribution in [0.25, 0.3) is 0 Å². The fourth-order valence-corrected chi connectivity index (χ4v) is 3.19. The van der Waals surface area contributed by atoms with Gasteiger partial charge >= 0.3 is 5.97 Å². The molecule has 106 valence electrons. The minimum Gasteiger partial charge on any atom is -0.478 e. The number of aromatic nitrogens is 1. The summed E-state index contributed by atoms with van der Waals surface area (Å²) in [6, 6.07) is 5.30. The Balaban J connectivity index is 2.05. The van der Waals surface area contributed by atoms with E-state index >= 15 is 0 Å². The van der Waals surface area contributed by atoms with E-state index in [-0.39, 0.29) is 11.6 Å². The topological polar surface area (TPSA) is 62.2 Å². The summed E-state index contributed by atoms with van der Waals surface area (Å²) in [6.07, 6.45) is 2.76. The predicted molar refractivity (Wildman–Crippen MR) is 83.1 cm³/mol. The number of carboxylic acids is 1. The molecule has 1 heterocycles. The number of aromatic carboxylic acids is 1. The Hall–Kier alpha value is -1.24. The molecule has 1 atom stereocenters. The third kappa shape index (κ3) is 3.65. The van der Waals surface area contributed by atoms with E-state index in [1.54, 1.807) is 23.5 Å². The Morgan fingerprint density at radius 2 is 2.35 bits per heavy atom. The molecule has 0 aliphatic carbocycles. The van der Waals surface area contributed by atoms with Crippen molar-refractivity contribution in [1.29, 1.82) is 0 Å². The lowest BCUT2D eigenvalue weighted by Gasteiger charge is -2.15. The lowest BCUT2D eigenvalue weighted by Crippen LogP contribution is -2.20. The van der Waals surface area contributed by atoms with E-state index in [1.807, 2.05) is 17.6 Å². The molecule has 2 N–H and O–H groups in total. The SMILES string of the molecule is CCC(NCc1ccc(C(=O)O)cc1Br)c1nccs1. The third-order valence-electron chi connectivity index (χ3n) is 3.00. The van der Waals surface area contributed by atoms with E-state index in [2.05, 4.69) is 33.2 Å². The van der Waals surface area contributed by atoms with Gasteiger partial charge in [0, 0.05) is 22.6 Å². The molecule has 0 aliphatic rings. The van der Waals surface area contributed by atoms with Gasteiger partial charge in [0.05, 0.1) is 11.6 Å². The lowest BCUT2D eigenvalue weighted by atomic mass is 10.1. The van der Waals surface area contributed by atoms with Crippen LogP contribution in [0, 0.1) is 0 Å². The zero-order valence-electron chi connectivity index (χ0n) is 11.0. The Kier molecular flexibility index (Phi) is 5.28. The van der Waals surface area contributed by atoms with Crippen molar-refractivity contribution in [2.24, 2.45) is 0 Å². The molecule has 20 heavy (non-hydrogen) atoms. The molecule has 0 fully saturated rings. The Morgan fingerprint density at radius 3 is 2.90 bits per heavy atom. The maximum atomic E-state index is 10.9. The van der Waals surface area contributed by atoms with Crippen LogP contribution in [-0.2, 0) is 6.54 Å². The first kappa shape index (κ1) is 15.2. The lowest BCUT2D eigenvalue weighted by molar-refractivity contribution is 0.0697. The van der Waals surface area contributed by atoms with Crippen LogP contribution in [0.4, 0.5) is 0 Å². The highest BCUT2D eigenvalue weighted by Crippen LogP contribution is 2.22. The first-order valence-electron chi connectivity index (χ1n) is 6.26. The predicted octanol–water partition coefficient (Wildman–Crippen LogP) is 3.84. The Labute approximate surface area is 130 Å². The molecule has 0 saturated carbocycles. The molecule has 0 spiro atoms. The normalized spacial score (nSPS) is 12.3. The Bertz CT molecular complexity index is 587. The fourth-order valence-electron chi connectivity index (χ4n) is 1.87. The molecule has 6 heteroatoms. The van der Waals surface area contributed by atoms with Crippen LogP contribution in [0.2, 0.25) is 0 Å². The summed E-state index contributed by atoms with van der Waals surface area (Å²) in [4.78, 5) is 15.2. The molecule has 1 aromatic heterocycles. The molecule has 1 unspecified atom stereocenters. The first-order chi connectivity index (χ1) is 9.61. The minimum absolute atomic E-state index is 0.223. The molecule has 4 nitrogen and oxygen atoms in total. The monoisotopic (exact) mass is 354 g/mol. The minimum atomic E-state index is -0.917. The molecular weight excluding hydrogens is 340 g/mol. The smallest absolute Gasteiger partial charge is 0.335 e. The molecule has 1 aromatic carbocycles. The van der Waals surface area contributed by atoms with Gasteiger partial charge in [-0.3, -0.25) is 0 Å². The fraction of sp³-hybridized carbons (Fsp3) is 0.286. The highest BCUT2D eigenvalue weighted by Gasteiger charge is 2.12. The molecule has 2 aromatic rings. The van der Waals surface area contributed by atoms with Crippen molar-refractivity contribution in [3.8, 4) is 0 Å². The summed E-state index contributed by atoms with van der Waals surface area (Å²) in [7, 11) is 0. The Morgan fingerprint density at radius 1 is 1.55 bits per heavy atom. The summed E-state index contributed by atoms with van der Waals surface area (Å²) in [5.41, 5.74) is 1.32. The number of thiazole rings is 1. The van der Waals surface area contributed by atoms with Gasteiger partial charge in [0.15, 0.2) is 0 Å². The molecule has 0 radical (unpaired) electrons. The zero-order chi connectivity index (χ0) is 14.5. The van der Waals surface area contributed by atoms with Gasteiger partial charge in [-0.2, -0.15) is 0 Å². The summed E-state index contributed by atoms with van der Waals surface area (Å²) in [5.74, 6) is -0.917. The number of hydrogen-bond acceptors (Lipinski definition) is 4. The second-order valence-corrected chi connectivity index (χ2v) is 6.10. The van der Waals surface area contributed by atoms with Gasteiger partial charge in [-0.15, -0.1) is 11.3 Å². The van der Waals surface area contributed by atoms with Crippen LogP contribution >= 0.6 is 27.3 Å². The van der Waals surface area contributed by atoms with Gasteiger partial charge in [0.1, 0.15) is 5.01 Å². The molecular formula is C14H15BrN2O2S. The highest BCUT2D eigenvalue weighted by molar-refractivity contribution is 9.10. The number of carboxylic acid groups (broad SMARTS) is 1. The average Bonchev–Trinajstić information content (AvgIpc) is 2.95. The first-order valence-corrected chi connectivity index (χ1v) is 7.93. The van der Waals surface area contributed by atoms with Gasteiger partial charge in [-0.05, 0) is 24.1 Å². The maximum Gasteiger partial charge on any atom is 0.335 e. The molecule has 0 saturated heterocycles. The summed E-state index contributed by atoms with van der Waals surface area (Å²) in [5, 5.41) is 15.4. The van der Waals surface area contributed by atoms with Crippen molar-refractivity contribution in [2.75, 3.05) is 0 Å². The molecule has 0 aliphatic heterocycles.